The summed E-state index contributed by atoms with van der Waals surface area (Å²) in [6.45, 7) is 4.81. The molecule has 1 atom stereocenters. The fourth-order valence-corrected chi connectivity index (χ4v) is 4.06. The topological polar surface area (TPSA) is 49.4 Å². The van der Waals surface area contributed by atoms with Gasteiger partial charge in [-0.1, -0.05) is 96.4 Å². The second-order valence-electron chi connectivity index (χ2n) is 8.43. The van der Waals surface area contributed by atoms with Gasteiger partial charge in [-0.2, -0.15) is 0 Å². The van der Waals surface area contributed by atoms with E-state index in [1.54, 1.807) is 17.0 Å². The summed E-state index contributed by atoms with van der Waals surface area (Å²) in [5.74, 6) is -0.287. The third kappa shape index (κ3) is 7.34. The molecular formula is C28H30Cl2N2O2. The molecule has 4 nitrogen and oxygen atoms in total. The SMILES string of the molecule is CCCNC(=O)C(Cc1ccccc1)N(Cc1ccc(Cl)c(Cl)c1)C(=O)Cc1ccc(C)cc1. The van der Waals surface area contributed by atoms with Gasteiger partial charge in [0.15, 0.2) is 0 Å². The summed E-state index contributed by atoms with van der Waals surface area (Å²) >= 11 is 12.3. The van der Waals surface area contributed by atoms with Crippen molar-refractivity contribution in [2.75, 3.05) is 6.54 Å². The number of carbonyl (C=O) groups excluding carboxylic acids is 2. The van der Waals surface area contributed by atoms with E-state index in [9.17, 15) is 9.59 Å². The van der Waals surface area contributed by atoms with E-state index in [2.05, 4.69) is 5.32 Å². The lowest BCUT2D eigenvalue weighted by Crippen LogP contribution is -2.51. The van der Waals surface area contributed by atoms with Crippen LogP contribution in [-0.4, -0.2) is 29.3 Å². The summed E-state index contributed by atoms with van der Waals surface area (Å²) in [4.78, 5) is 28.6. The Morgan fingerprint density at radius 3 is 2.21 bits per heavy atom. The number of aryl methyl sites for hydroxylation is 1. The Morgan fingerprint density at radius 2 is 1.56 bits per heavy atom. The van der Waals surface area contributed by atoms with E-state index in [0.717, 1.165) is 28.7 Å². The summed E-state index contributed by atoms with van der Waals surface area (Å²) in [7, 11) is 0. The lowest BCUT2D eigenvalue weighted by molar-refractivity contribution is -0.140. The van der Waals surface area contributed by atoms with Gasteiger partial charge in [-0.3, -0.25) is 9.59 Å². The molecule has 0 aliphatic carbocycles. The van der Waals surface area contributed by atoms with Crippen molar-refractivity contribution in [3.63, 3.8) is 0 Å². The fraction of sp³-hybridized carbons (Fsp3) is 0.286. The summed E-state index contributed by atoms with van der Waals surface area (Å²) in [5, 5.41) is 3.85. The van der Waals surface area contributed by atoms with Gasteiger partial charge in [0.05, 0.1) is 16.5 Å². The van der Waals surface area contributed by atoms with Crippen LogP contribution in [0.3, 0.4) is 0 Å². The number of hydrogen-bond acceptors (Lipinski definition) is 2. The number of benzene rings is 3. The molecule has 0 saturated heterocycles. The Labute approximate surface area is 211 Å². The smallest absolute Gasteiger partial charge is 0.243 e. The monoisotopic (exact) mass is 496 g/mol. The fourth-order valence-electron chi connectivity index (χ4n) is 3.74. The van der Waals surface area contributed by atoms with Crippen molar-refractivity contribution >= 4 is 35.0 Å². The number of nitrogens with zero attached hydrogens (tertiary/aromatic N) is 1. The van der Waals surface area contributed by atoms with Crippen molar-refractivity contribution < 1.29 is 9.59 Å². The van der Waals surface area contributed by atoms with E-state index < -0.39 is 6.04 Å². The van der Waals surface area contributed by atoms with Crippen LogP contribution >= 0.6 is 23.2 Å². The molecule has 6 heteroatoms. The molecule has 178 valence electrons. The third-order valence-corrected chi connectivity index (χ3v) is 6.37. The van der Waals surface area contributed by atoms with Crippen LogP contribution in [0.2, 0.25) is 10.0 Å². The van der Waals surface area contributed by atoms with Crippen LogP contribution in [0.1, 0.15) is 35.6 Å². The highest BCUT2D eigenvalue weighted by Gasteiger charge is 2.30. The lowest BCUT2D eigenvalue weighted by atomic mass is 10.0. The summed E-state index contributed by atoms with van der Waals surface area (Å²) < 4.78 is 0. The Bertz CT molecular complexity index is 1100. The normalized spacial score (nSPS) is 11.6. The molecule has 0 radical (unpaired) electrons. The molecule has 3 aromatic rings. The first-order chi connectivity index (χ1) is 16.4. The quantitative estimate of drug-likeness (QED) is 0.373. The van der Waals surface area contributed by atoms with Crippen LogP contribution in [0.15, 0.2) is 72.8 Å². The van der Waals surface area contributed by atoms with Gasteiger partial charge < -0.3 is 10.2 Å². The van der Waals surface area contributed by atoms with E-state index in [4.69, 9.17) is 23.2 Å². The van der Waals surface area contributed by atoms with Gasteiger partial charge >= 0.3 is 0 Å². The molecule has 2 amide bonds. The highest BCUT2D eigenvalue weighted by Crippen LogP contribution is 2.24. The lowest BCUT2D eigenvalue weighted by Gasteiger charge is -2.32. The van der Waals surface area contributed by atoms with E-state index in [1.165, 1.54) is 0 Å². The zero-order valence-corrected chi connectivity index (χ0v) is 21.1. The minimum absolute atomic E-state index is 0.123. The van der Waals surface area contributed by atoms with Gasteiger partial charge in [-0.05, 0) is 42.2 Å². The van der Waals surface area contributed by atoms with E-state index in [-0.39, 0.29) is 24.8 Å². The van der Waals surface area contributed by atoms with Crippen LogP contribution in [0, 0.1) is 6.92 Å². The van der Waals surface area contributed by atoms with Crippen molar-refractivity contribution in [1.29, 1.82) is 0 Å². The Hall–Kier alpha value is -2.82. The molecule has 0 spiro atoms. The first-order valence-electron chi connectivity index (χ1n) is 11.5. The van der Waals surface area contributed by atoms with Gasteiger partial charge in [0.2, 0.25) is 11.8 Å². The van der Waals surface area contributed by atoms with Crippen molar-refractivity contribution in [2.24, 2.45) is 0 Å². The second kappa shape index (κ2) is 12.6. The molecule has 0 fully saturated rings. The zero-order chi connectivity index (χ0) is 24.5. The zero-order valence-electron chi connectivity index (χ0n) is 19.6. The third-order valence-electron chi connectivity index (χ3n) is 5.63. The van der Waals surface area contributed by atoms with Crippen LogP contribution < -0.4 is 5.32 Å². The number of rotatable bonds is 10. The standard InChI is InChI=1S/C28H30Cl2N2O2/c1-3-15-31-28(34)26(17-21-7-5-4-6-8-21)32(19-23-13-14-24(29)25(30)16-23)27(33)18-22-11-9-20(2)10-12-22/h4-14,16,26H,3,15,17-19H2,1-2H3,(H,31,34). The van der Waals surface area contributed by atoms with Gasteiger partial charge in [-0.25, -0.2) is 0 Å². The van der Waals surface area contributed by atoms with Crippen molar-refractivity contribution in [3.8, 4) is 0 Å². The maximum atomic E-state index is 13.7. The van der Waals surface area contributed by atoms with E-state index in [1.807, 2.05) is 74.5 Å². The van der Waals surface area contributed by atoms with Crippen molar-refractivity contribution in [3.05, 3.63) is 105 Å². The minimum Gasteiger partial charge on any atom is -0.354 e. The molecule has 1 N–H and O–H groups in total. The Morgan fingerprint density at radius 1 is 0.882 bits per heavy atom. The number of halogens is 2. The van der Waals surface area contributed by atoms with Gasteiger partial charge in [0.25, 0.3) is 0 Å². The molecule has 0 aliphatic rings. The number of nitrogens with one attached hydrogen (secondary N) is 1. The number of amides is 2. The molecule has 3 aromatic carbocycles. The van der Waals surface area contributed by atoms with Crippen LogP contribution in [-0.2, 0) is 29.0 Å². The second-order valence-corrected chi connectivity index (χ2v) is 9.24. The highest BCUT2D eigenvalue weighted by molar-refractivity contribution is 6.42. The van der Waals surface area contributed by atoms with Crippen LogP contribution in [0.5, 0.6) is 0 Å². The van der Waals surface area contributed by atoms with Crippen molar-refractivity contribution in [2.45, 2.75) is 45.7 Å². The molecule has 1 unspecified atom stereocenters. The predicted octanol–water partition coefficient (Wildman–Crippen LogP) is 6.01. The van der Waals surface area contributed by atoms with Crippen LogP contribution in [0.25, 0.3) is 0 Å². The largest absolute Gasteiger partial charge is 0.354 e. The average molecular weight is 497 g/mol. The van der Waals surface area contributed by atoms with Crippen molar-refractivity contribution in [1.82, 2.24) is 10.2 Å². The minimum atomic E-state index is -0.665. The summed E-state index contributed by atoms with van der Waals surface area (Å²) in [5.41, 5.74) is 3.83. The van der Waals surface area contributed by atoms with E-state index >= 15 is 0 Å². The molecule has 0 aliphatic heterocycles. The Balaban J connectivity index is 1.96. The van der Waals surface area contributed by atoms with Gasteiger partial charge in [0.1, 0.15) is 6.04 Å². The van der Waals surface area contributed by atoms with E-state index in [0.29, 0.717) is 23.0 Å². The first kappa shape index (κ1) is 25.8. The number of carbonyl (C=O) groups is 2. The Kier molecular flexibility index (Phi) is 9.55. The molecular weight excluding hydrogens is 467 g/mol. The molecule has 0 aromatic heterocycles. The van der Waals surface area contributed by atoms with Crippen LogP contribution in [0.4, 0.5) is 0 Å². The molecule has 0 heterocycles. The maximum absolute atomic E-state index is 13.7. The predicted molar refractivity (Wildman–Crippen MR) is 139 cm³/mol. The van der Waals surface area contributed by atoms with Gasteiger partial charge in [-0.15, -0.1) is 0 Å². The molecule has 34 heavy (non-hydrogen) atoms. The molecule has 0 bridgehead atoms. The summed E-state index contributed by atoms with van der Waals surface area (Å²) in [6, 6.07) is 22.3. The molecule has 3 rings (SSSR count). The summed E-state index contributed by atoms with van der Waals surface area (Å²) in [6.07, 6.45) is 1.43. The number of hydrogen-bond donors (Lipinski definition) is 1. The highest BCUT2D eigenvalue weighted by atomic mass is 35.5. The average Bonchev–Trinajstić information content (AvgIpc) is 2.84. The maximum Gasteiger partial charge on any atom is 0.243 e. The molecule has 0 saturated carbocycles. The van der Waals surface area contributed by atoms with Gasteiger partial charge in [0, 0.05) is 19.5 Å². The first-order valence-corrected chi connectivity index (χ1v) is 12.2.